The summed E-state index contributed by atoms with van der Waals surface area (Å²) in [4.78, 5) is 2.48. The highest BCUT2D eigenvalue weighted by molar-refractivity contribution is 6.03. The van der Waals surface area contributed by atoms with Crippen LogP contribution in [0.15, 0.2) is 140 Å². The maximum atomic E-state index is 7.25. The minimum absolute atomic E-state index is 0.742. The van der Waals surface area contributed by atoms with E-state index >= 15 is 0 Å². The molecule has 1 unspecified atom stereocenters. The van der Waals surface area contributed by atoms with Crippen LogP contribution in [0.25, 0.3) is 39.1 Å². The van der Waals surface area contributed by atoms with Gasteiger partial charge in [0, 0.05) is 35.5 Å². The molecule has 1 saturated heterocycles. The zero-order valence-electron chi connectivity index (χ0n) is 27.6. The zero-order valence-corrected chi connectivity index (χ0v) is 27.6. The van der Waals surface area contributed by atoms with Crippen LogP contribution in [0.3, 0.4) is 0 Å². The molecule has 2 heterocycles. The lowest BCUT2D eigenvalue weighted by molar-refractivity contribution is 0.161. The Labute approximate surface area is 284 Å². The molecule has 0 bridgehead atoms. The third-order valence-corrected chi connectivity index (χ3v) is 9.92. The van der Waals surface area contributed by atoms with Crippen LogP contribution in [0.2, 0.25) is 0 Å². The second-order valence-corrected chi connectivity index (χ2v) is 13.0. The normalized spacial score (nSPS) is 16.9. The molecule has 1 atom stereocenters. The van der Waals surface area contributed by atoms with E-state index in [0.717, 1.165) is 71.9 Å². The van der Waals surface area contributed by atoms with Crippen LogP contribution in [-0.2, 0) is 5.60 Å². The summed E-state index contributed by atoms with van der Waals surface area (Å²) in [6, 6.07) is 47.9. The molecule has 0 radical (unpaired) electrons. The first-order chi connectivity index (χ1) is 23.7. The number of rotatable bonds is 9. The van der Waals surface area contributed by atoms with Crippen LogP contribution < -0.4 is 14.4 Å². The molecule has 3 nitrogen and oxygen atoms in total. The van der Waals surface area contributed by atoms with Crippen molar-refractivity contribution >= 4 is 22.5 Å². The quantitative estimate of drug-likeness (QED) is 0.149. The SMILES string of the molecule is CCCCOc1ccc(-c2ccc(-c3cc4c(c5ccccc35)C=CC(c3ccccc3)(c3ccc(N5CCCC5)cc3)O4)cc2)cc1. The summed E-state index contributed by atoms with van der Waals surface area (Å²) < 4.78 is 13.1. The van der Waals surface area contributed by atoms with Crippen LogP contribution in [0.4, 0.5) is 5.69 Å². The first kappa shape index (κ1) is 30.1. The second kappa shape index (κ2) is 13.1. The molecule has 238 valence electrons. The fourth-order valence-electron chi connectivity index (χ4n) is 7.25. The zero-order chi connectivity index (χ0) is 32.3. The largest absolute Gasteiger partial charge is 0.494 e. The lowest BCUT2D eigenvalue weighted by Crippen LogP contribution is -2.34. The highest BCUT2D eigenvalue weighted by Gasteiger charge is 2.38. The monoisotopic (exact) mass is 627 g/mol. The Morgan fingerprint density at radius 2 is 1.29 bits per heavy atom. The molecule has 0 N–H and O–H groups in total. The van der Waals surface area contributed by atoms with Crippen molar-refractivity contribution in [1.82, 2.24) is 0 Å². The first-order valence-corrected chi connectivity index (χ1v) is 17.4. The number of hydrogen-bond acceptors (Lipinski definition) is 3. The Hall–Kier alpha value is -5.28. The first-order valence-electron chi connectivity index (χ1n) is 17.4. The Bertz CT molecular complexity index is 2040. The van der Waals surface area contributed by atoms with Gasteiger partial charge in [-0.15, -0.1) is 0 Å². The average Bonchev–Trinajstić information content (AvgIpc) is 3.71. The Kier molecular flexibility index (Phi) is 8.20. The van der Waals surface area contributed by atoms with Crippen LogP contribution >= 0.6 is 0 Å². The number of benzene rings is 6. The van der Waals surface area contributed by atoms with Crippen LogP contribution in [0.1, 0.15) is 49.3 Å². The summed E-state index contributed by atoms with van der Waals surface area (Å²) in [5, 5.41) is 2.41. The molecule has 6 aromatic rings. The van der Waals surface area contributed by atoms with Crippen LogP contribution in [-0.4, -0.2) is 19.7 Å². The van der Waals surface area contributed by atoms with Crippen LogP contribution in [0, 0.1) is 0 Å². The number of fused-ring (bicyclic) bond motifs is 3. The van der Waals surface area contributed by atoms with E-state index in [1.807, 2.05) is 0 Å². The van der Waals surface area contributed by atoms with Crippen molar-refractivity contribution in [2.75, 3.05) is 24.6 Å². The molecule has 2 aliphatic heterocycles. The van der Waals surface area contributed by atoms with E-state index in [1.54, 1.807) is 0 Å². The summed E-state index contributed by atoms with van der Waals surface area (Å²) in [6.07, 6.45) is 9.24. The molecule has 3 heteroatoms. The minimum atomic E-state index is -0.742. The highest BCUT2D eigenvalue weighted by atomic mass is 16.5. The maximum absolute atomic E-state index is 7.25. The van der Waals surface area contributed by atoms with Gasteiger partial charge in [0.1, 0.15) is 11.5 Å². The van der Waals surface area contributed by atoms with Crippen molar-refractivity contribution in [2.45, 2.75) is 38.2 Å². The summed E-state index contributed by atoms with van der Waals surface area (Å²) in [6.45, 7) is 5.20. The maximum Gasteiger partial charge on any atom is 0.178 e. The third kappa shape index (κ3) is 5.64. The van der Waals surface area contributed by atoms with E-state index in [9.17, 15) is 0 Å². The van der Waals surface area contributed by atoms with Gasteiger partial charge in [-0.25, -0.2) is 0 Å². The lowest BCUT2D eigenvalue weighted by Gasteiger charge is -2.37. The second-order valence-electron chi connectivity index (χ2n) is 13.0. The molecule has 0 saturated carbocycles. The number of ether oxygens (including phenoxy) is 2. The Balaban J connectivity index is 1.16. The van der Waals surface area contributed by atoms with E-state index in [-0.39, 0.29) is 0 Å². The van der Waals surface area contributed by atoms with Gasteiger partial charge in [-0.2, -0.15) is 0 Å². The fraction of sp³-hybridized carbons (Fsp3) is 0.200. The molecule has 0 amide bonds. The van der Waals surface area contributed by atoms with Gasteiger partial charge in [0.2, 0.25) is 0 Å². The molecule has 0 aliphatic carbocycles. The lowest BCUT2D eigenvalue weighted by atomic mass is 9.82. The molecule has 8 rings (SSSR count). The Morgan fingerprint density at radius 3 is 2.00 bits per heavy atom. The van der Waals surface area contributed by atoms with Gasteiger partial charge in [-0.3, -0.25) is 0 Å². The van der Waals surface area contributed by atoms with Gasteiger partial charge in [0.05, 0.1) is 6.61 Å². The van der Waals surface area contributed by atoms with Gasteiger partial charge in [0.25, 0.3) is 0 Å². The van der Waals surface area contributed by atoms with Crippen molar-refractivity contribution in [3.8, 4) is 33.8 Å². The number of anilines is 1. The molecular weight excluding hydrogens is 587 g/mol. The van der Waals surface area contributed by atoms with Gasteiger partial charge < -0.3 is 14.4 Å². The van der Waals surface area contributed by atoms with E-state index < -0.39 is 5.60 Å². The van der Waals surface area contributed by atoms with E-state index in [0.29, 0.717) is 0 Å². The van der Waals surface area contributed by atoms with Gasteiger partial charge in [-0.05, 0) is 94.8 Å². The van der Waals surface area contributed by atoms with Crippen molar-refractivity contribution in [1.29, 1.82) is 0 Å². The highest BCUT2D eigenvalue weighted by Crippen LogP contribution is 2.47. The predicted molar refractivity (Wildman–Crippen MR) is 200 cm³/mol. The number of unbranched alkanes of at least 4 members (excludes halogenated alkanes) is 1. The van der Waals surface area contributed by atoms with E-state index in [2.05, 4.69) is 157 Å². The standard InChI is InChI=1S/C45H41NO2/c1-2-3-31-47-39-25-19-34(20-26-39)33-15-17-35(18-16-33)43-32-44-42(40-13-7-8-14-41(40)43)27-28-45(48-44,36-11-5-4-6-12-36)37-21-23-38(24-22-37)46-29-9-10-30-46/h4-8,11-28,32H,2-3,9-10,29-31H2,1H3. The summed E-state index contributed by atoms with van der Waals surface area (Å²) in [7, 11) is 0. The smallest absolute Gasteiger partial charge is 0.178 e. The summed E-state index contributed by atoms with van der Waals surface area (Å²) >= 11 is 0. The predicted octanol–water partition coefficient (Wildman–Crippen LogP) is 11.3. The molecule has 2 aliphatic rings. The van der Waals surface area contributed by atoms with Crippen molar-refractivity contribution < 1.29 is 9.47 Å². The van der Waals surface area contributed by atoms with Gasteiger partial charge in [-0.1, -0.05) is 116 Å². The summed E-state index contributed by atoms with van der Waals surface area (Å²) in [5.74, 6) is 1.81. The van der Waals surface area contributed by atoms with Gasteiger partial charge >= 0.3 is 0 Å². The molecular formula is C45H41NO2. The van der Waals surface area contributed by atoms with Crippen LogP contribution in [0.5, 0.6) is 11.5 Å². The minimum Gasteiger partial charge on any atom is -0.494 e. The van der Waals surface area contributed by atoms with Crippen molar-refractivity contribution in [3.63, 3.8) is 0 Å². The Morgan fingerprint density at radius 1 is 0.667 bits per heavy atom. The molecule has 6 aromatic carbocycles. The van der Waals surface area contributed by atoms with Gasteiger partial charge in [0.15, 0.2) is 5.60 Å². The fourth-order valence-corrected chi connectivity index (χ4v) is 7.25. The van der Waals surface area contributed by atoms with E-state index in [1.165, 1.54) is 40.4 Å². The third-order valence-electron chi connectivity index (χ3n) is 9.92. The average molecular weight is 628 g/mol. The molecule has 48 heavy (non-hydrogen) atoms. The molecule has 0 spiro atoms. The van der Waals surface area contributed by atoms with Crippen molar-refractivity contribution in [2.24, 2.45) is 0 Å². The number of nitrogens with zero attached hydrogens (tertiary/aromatic N) is 1. The topological polar surface area (TPSA) is 21.7 Å². The molecule has 1 fully saturated rings. The van der Waals surface area contributed by atoms with Crippen molar-refractivity contribution in [3.05, 3.63) is 156 Å². The van der Waals surface area contributed by atoms with E-state index in [4.69, 9.17) is 9.47 Å². The number of hydrogen-bond donors (Lipinski definition) is 0. The molecule has 0 aromatic heterocycles. The summed E-state index contributed by atoms with van der Waals surface area (Å²) in [5.41, 5.74) is 8.58.